The van der Waals surface area contributed by atoms with Crippen LogP contribution in [-0.2, 0) is 14.4 Å². The summed E-state index contributed by atoms with van der Waals surface area (Å²) in [5.41, 5.74) is 0. The summed E-state index contributed by atoms with van der Waals surface area (Å²) in [4.78, 5) is 28.9. The maximum atomic E-state index is 9.77. The van der Waals surface area contributed by atoms with Crippen molar-refractivity contribution in [1.29, 1.82) is 0 Å². The summed E-state index contributed by atoms with van der Waals surface area (Å²) < 4.78 is 0. The van der Waals surface area contributed by atoms with Crippen LogP contribution in [0.1, 0.15) is 6.92 Å². The van der Waals surface area contributed by atoms with Crippen molar-refractivity contribution in [3.8, 4) is 0 Å². The van der Waals surface area contributed by atoms with E-state index < -0.39 is 36.2 Å². The van der Waals surface area contributed by atoms with Gasteiger partial charge in [-0.3, -0.25) is 0 Å². The quantitative estimate of drug-likeness (QED) is 0.308. The molecule has 94 valence electrons. The van der Waals surface area contributed by atoms with Crippen LogP contribution in [0, 0.1) is 0 Å². The molecule has 9 nitrogen and oxygen atoms in total. The zero-order valence-corrected chi connectivity index (χ0v) is 11.1. The third-order valence-corrected chi connectivity index (χ3v) is 1.15. The van der Waals surface area contributed by atoms with Crippen molar-refractivity contribution in [2.75, 3.05) is 0 Å². The number of hydrogen-bond donors (Lipinski definition) is 5. The van der Waals surface area contributed by atoms with E-state index >= 15 is 0 Å². The van der Waals surface area contributed by atoms with Crippen LogP contribution in [0.15, 0.2) is 0 Å². The fourth-order valence-electron chi connectivity index (χ4n) is 0.270. The predicted octanol–water partition coefficient (Wildman–Crippen LogP) is -7.00. The van der Waals surface area contributed by atoms with Gasteiger partial charge in [0, 0.05) is 0 Å². The van der Waals surface area contributed by atoms with Crippen LogP contribution >= 0.6 is 0 Å². The van der Waals surface area contributed by atoms with Gasteiger partial charge in [0.15, 0.2) is 12.2 Å². The molecule has 0 spiro atoms. The number of aliphatic hydroxyl groups is 3. The number of hydrogen-bond acceptors (Lipinski definition) is 7. The van der Waals surface area contributed by atoms with Crippen molar-refractivity contribution >= 4 is 17.9 Å². The summed E-state index contributed by atoms with van der Waals surface area (Å²) in [5.74, 6) is -4.97. The Morgan fingerprint density at radius 2 is 1.12 bits per heavy atom. The summed E-state index contributed by atoms with van der Waals surface area (Å²) >= 11 is 0. The summed E-state index contributed by atoms with van der Waals surface area (Å²) in [6, 6.07) is 0. The maximum Gasteiger partial charge on any atom is 1.00 e. The van der Waals surface area contributed by atoms with E-state index in [1.807, 2.05) is 0 Å². The molecule has 3 unspecified atom stereocenters. The second kappa shape index (κ2) is 10.4. The van der Waals surface area contributed by atoms with Gasteiger partial charge >= 0.3 is 41.5 Å². The van der Waals surface area contributed by atoms with Gasteiger partial charge in [-0.15, -0.1) is 0 Å². The molecule has 0 aliphatic rings. The van der Waals surface area contributed by atoms with Crippen LogP contribution < -0.4 is 34.7 Å². The Morgan fingerprint density at radius 3 is 1.18 bits per heavy atom. The van der Waals surface area contributed by atoms with Crippen molar-refractivity contribution in [3.63, 3.8) is 0 Å². The van der Waals surface area contributed by atoms with E-state index in [0.29, 0.717) is 0 Å². The van der Waals surface area contributed by atoms with E-state index in [1.165, 1.54) is 0 Å². The van der Waals surface area contributed by atoms with Crippen LogP contribution in [0.5, 0.6) is 0 Å². The molecule has 0 saturated heterocycles. The van der Waals surface area contributed by atoms with Crippen molar-refractivity contribution in [1.82, 2.24) is 0 Å². The van der Waals surface area contributed by atoms with E-state index in [4.69, 9.17) is 25.5 Å². The van der Waals surface area contributed by atoms with E-state index in [-0.39, 0.29) is 29.6 Å². The summed E-state index contributed by atoms with van der Waals surface area (Å²) in [6.45, 7) is 1.13. The SMILES string of the molecule is CC(O)C(=O)[O-].O=C(O)C(O)C(O)C(=O)O.[Na+]. The minimum atomic E-state index is -2.27. The average Bonchev–Trinajstić information content (AvgIpc) is 2.15. The molecule has 0 bridgehead atoms. The molecule has 10 heteroatoms. The molecule has 0 fully saturated rings. The zero-order valence-electron chi connectivity index (χ0n) is 9.10. The van der Waals surface area contributed by atoms with Gasteiger partial charge in [0.05, 0.1) is 12.1 Å². The molecule has 0 aliphatic carbocycles. The predicted molar refractivity (Wildman–Crippen MR) is 44.0 cm³/mol. The largest absolute Gasteiger partial charge is 1.00 e. The van der Waals surface area contributed by atoms with Crippen molar-refractivity contribution in [3.05, 3.63) is 0 Å². The Morgan fingerprint density at radius 1 is 0.941 bits per heavy atom. The number of aliphatic hydroxyl groups excluding tert-OH is 3. The Bertz CT molecular complexity index is 246. The van der Waals surface area contributed by atoms with Crippen LogP contribution in [0.3, 0.4) is 0 Å². The maximum absolute atomic E-state index is 9.77. The summed E-state index contributed by atoms with van der Waals surface area (Å²) in [5, 5.41) is 49.8. The summed E-state index contributed by atoms with van der Waals surface area (Å²) in [6.07, 6.45) is -5.88. The molecule has 0 aromatic carbocycles. The van der Waals surface area contributed by atoms with Gasteiger partial charge in [0.2, 0.25) is 0 Å². The van der Waals surface area contributed by atoms with Gasteiger partial charge in [-0.25, -0.2) is 9.59 Å². The monoisotopic (exact) mass is 262 g/mol. The molecule has 0 aromatic heterocycles. The van der Waals surface area contributed by atoms with Gasteiger partial charge in [-0.05, 0) is 6.92 Å². The van der Waals surface area contributed by atoms with Crippen LogP contribution in [0.2, 0.25) is 0 Å². The molecule has 3 atom stereocenters. The second-order valence-corrected chi connectivity index (χ2v) is 2.56. The smallest absolute Gasteiger partial charge is 0.547 e. The van der Waals surface area contributed by atoms with E-state index in [9.17, 15) is 19.5 Å². The number of carbonyl (C=O) groups excluding carboxylic acids is 1. The number of carbonyl (C=O) groups is 3. The molecule has 0 aromatic rings. The first kappa shape index (κ1) is 21.6. The van der Waals surface area contributed by atoms with Crippen LogP contribution in [-0.4, -0.2) is 61.8 Å². The van der Waals surface area contributed by atoms with Crippen LogP contribution in [0.25, 0.3) is 0 Å². The Balaban J connectivity index is -0.000000244. The minimum absolute atomic E-state index is 0. The minimum Gasteiger partial charge on any atom is -0.547 e. The van der Waals surface area contributed by atoms with Crippen molar-refractivity contribution < 1.29 is 74.6 Å². The third kappa shape index (κ3) is 11.6. The molecular weight excluding hydrogens is 251 g/mol. The fraction of sp³-hybridized carbons (Fsp3) is 0.571. The first-order valence-electron chi connectivity index (χ1n) is 3.82. The van der Waals surface area contributed by atoms with E-state index in [1.54, 1.807) is 0 Å². The molecule has 0 amide bonds. The zero-order chi connectivity index (χ0) is 13.5. The van der Waals surface area contributed by atoms with Gasteiger partial charge < -0.3 is 35.4 Å². The number of aliphatic carboxylic acids is 3. The fourth-order valence-corrected chi connectivity index (χ4v) is 0.270. The molecule has 0 saturated carbocycles. The molecule has 17 heavy (non-hydrogen) atoms. The number of carboxylic acid groups (broad SMARTS) is 3. The third-order valence-electron chi connectivity index (χ3n) is 1.15. The van der Waals surface area contributed by atoms with E-state index in [0.717, 1.165) is 6.92 Å². The molecule has 0 rings (SSSR count). The summed E-state index contributed by atoms with van der Waals surface area (Å²) in [7, 11) is 0. The van der Waals surface area contributed by atoms with Gasteiger partial charge in [0.25, 0.3) is 0 Å². The average molecular weight is 262 g/mol. The topological polar surface area (TPSA) is 175 Å². The Kier molecular flexibility index (Phi) is 13.2. The Labute approximate surface area is 118 Å². The first-order chi connectivity index (χ1) is 7.11. The molecule has 0 heterocycles. The number of rotatable bonds is 4. The molecular formula is C7H11NaO9. The molecule has 0 aliphatic heterocycles. The molecule has 5 N–H and O–H groups in total. The standard InChI is InChI=1S/C4H6O6.C3H6O3.Na/c5-1(3(7)8)2(6)4(9)10;1-2(4)3(5)6;/h1-2,5-6H,(H,7,8)(H,9,10);2,4H,1H3,(H,5,6);/q;;+1/p-1. The van der Waals surface area contributed by atoms with E-state index in [2.05, 4.69) is 0 Å². The van der Waals surface area contributed by atoms with Gasteiger partial charge in [-0.2, -0.15) is 0 Å². The normalized spacial score (nSPS) is 14.1. The Hall–Kier alpha value is -0.710. The van der Waals surface area contributed by atoms with Crippen LogP contribution in [0.4, 0.5) is 0 Å². The van der Waals surface area contributed by atoms with Gasteiger partial charge in [0.1, 0.15) is 0 Å². The second-order valence-electron chi connectivity index (χ2n) is 2.56. The van der Waals surface area contributed by atoms with Gasteiger partial charge in [-0.1, -0.05) is 0 Å². The van der Waals surface area contributed by atoms with Crippen molar-refractivity contribution in [2.45, 2.75) is 25.2 Å². The molecule has 0 radical (unpaired) electrons. The van der Waals surface area contributed by atoms with Crippen molar-refractivity contribution in [2.24, 2.45) is 0 Å². The number of carboxylic acids is 3. The first-order valence-corrected chi connectivity index (χ1v) is 3.82.